The topological polar surface area (TPSA) is 41.1 Å². The van der Waals surface area contributed by atoms with Crippen LogP contribution in [-0.2, 0) is 6.54 Å². The Morgan fingerprint density at radius 1 is 1.44 bits per heavy atom. The van der Waals surface area contributed by atoms with Gasteiger partial charge in [-0.2, -0.15) is 0 Å². The van der Waals surface area contributed by atoms with E-state index in [0.29, 0.717) is 6.04 Å². The number of aromatic nitrogens is 2. The molecule has 1 saturated carbocycles. The lowest BCUT2D eigenvalue weighted by Crippen LogP contribution is -2.32. The van der Waals surface area contributed by atoms with Crippen LogP contribution in [0.3, 0.4) is 0 Å². The quantitative estimate of drug-likeness (QED) is 0.787. The van der Waals surface area contributed by atoms with E-state index in [1.165, 1.54) is 30.9 Å². The van der Waals surface area contributed by atoms with Gasteiger partial charge in [0.2, 0.25) is 0 Å². The largest absolute Gasteiger partial charge is 0.374 e. The van der Waals surface area contributed by atoms with Crippen LogP contribution in [0.15, 0.2) is 0 Å². The van der Waals surface area contributed by atoms with E-state index < -0.39 is 0 Å². The van der Waals surface area contributed by atoms with Crippen LogP contribution in [0.25, 0.3) is 0 Å². The summed E-state index contributed by atoms with van der Waals surface area (Å²) in [6.45, 7) is 9.84. The molecule has 0 atom stereocenters. The first kappa shape index (κ1) is 13.7. The highest BCUT2D eigenvalue weighted by Crippen LogP contribution is 2.31. The van der Waals surface area contributed by atoms with Crippen LogP contribution < -0.4 is 5.32 Å². The summed E-state index contributed by atoms with van der Waals surface area (Å²) in [5.41, 5.74) is 1.11. The molecule has 0 radical (unpaired) electrons. The summed E-state index contributed by atoms with van der Waals surface area (Å²) in [5.74, 6) is 0.922. The summed E-state index contributed by atoms with van der Waals surface area (Å²) < 4.78 is 4.08. The summed E-state index contributed by atoms with van der Waals surface area (Å²) in [7, 11) is 0. The Balaban J connectivity index is 1.94. The zero-order valence-electron chi connectivity index (χ0n) is 11.6. The molecule has 1 aromatic rings. The second kappa shape index (κ2) is 6.48. The third-order valence-corrected chi connectivity index (χ3v) is 4.09. The SMILES string of the molecule is CCCNc1snnc1CN(CC1CC1)C(C)C. The summed E-state index contributed by atoms with van der Waals surface area (Å²) in [5, 5.41) is 8.86. The van der Waals surface area contributed by atoms with Gasteiger partial charge in [-0.3, -0.25) is 4.90 Å². The average molecular weight is 268 g/mol. The van der Waals surface area contributed by atoms with Crippen molar-refractivity contribution in [1.82, 2.24) is 14.5 Å². The van der Waals surface area contributed by atoms with E-state index in [9.17, 15) is 0 Å². The highest BCUT2D eigenvalue weighted by molar-refractivity contribution is 7.10. The first-order valence-corrected chi connectivity index (χ1v) is 7.77. The predicted molar refractivity (Wildman–Crippen MR) is 77.0 cm³/mol. The molecule has 0 spiro atoms. The highest BCUT2D eigenvalue weighted by atomic mass is 32.1. The first-order valence-electron chi connectivity index (χ1n) is 6.99. The molecular formula is C13H24N4S. The summed E-state index contributed by atoms with van der Waals surface area (Å²) >= 11 is 1.48. The molecule has 1 N–H and O–H groups in total. The molecule has 0 aliphatic heterocycles. The van der Waals surface area contributed by atoms with Crippen molar-refractivity contribution in [2.24, 2.45) is 5.92 Å². The van der Waals surface area contributed by atoms with Gasteiger partial charge in [0, 0.05) is 37.2 Å². The van der Waals surface area contributed by atoms with Gasteiger partial charge in [0.15, 0.2) is 0 Å². The van der Waals surface area contributed by atoms with Crippen LogP contribution in [0, 0.1) is 5.92 Å². The minimum absolute atomic E-state index is 0.575. The van der Waals surface area contributed by atoms with Crippen LogP contribution in [0.2, 0.25) is 0 Å². The molecule has 0 aromatic carbocycles. The van der Waals surface area contributed by atoms with Crippen LogP contribution in [0.5, 0.6) is 0 Å². The Kier molecular flexibility index (Phi) is 4.95. The highest BCUT2D eigenvalue weighted by Gasteiger charge is 2.26. The van der Waals surface area contributed by atoms with Crippen molar-refractivity contribution in [3.8, 4) is 0 Å². The third kappa shape index (κ3) is 3.92. The van der Waals surface area contributed by atoms with E-state index in [1.54, 1.807) is 0 Å². The molecule has 0 saturated heterocycles. The van der Waals surface area contributed by atoms with E-state index >= 15 is 0 Å². The van der Waals surface area contributed by atoms with E-state index in [1.807, 2.05) is 0 Å². The maximum Gasteiger partial charge on any atom is 0.134 e. The van der Waals surface area contributed by atoms with E-state index in [-0.39, 0.29) is 0 Å². The second-order valence-corrected chi connectivity index (χ2v) is 6.20. The molecule has 0 amide bonds. The molecule has 1 fully saturated rings. The number of anilines is 1. The molecule has 18 heavy (non-hydrogen) atoms. The van der Waals surface area contributed by atoms with Crippen LogP contribution in [0.4, 0.5) is 5.00 Å². The van der Waals surface area contributed by atoms with Crippen molar-refractivity contribution < 1.29 is 0 Å². The fraction of sp³-hybridized carbons (Fsp3) is 0.846. The summed E-state index contributed by atoms with van der Waals surface area (Å²) in [6, 6.07) is 0.575. The molecule has 2 rings (SSSR count). The molecule has 1 aliphatic rings. The van der Waals surface area contributed by atoms with Gasteiger partial charge in [-0.15, -0.1) is 5.10 Å². The van der Waals surface area contributed by atoms with Gasteiger partial charge in [-0.1, -0.05) is 11.4 Å². The Hall–Kier alpha value is -0.680. The summed E-state index contributed by atoms with van der Waals surface area (Å²) in [4.78, 5) is 2.52. The minimum atomic E-state index is 0.575. The van der Waals surface area contributed by atoms with Gasteiger partial charge in [-0.05, 0) is 39.0 Å². The zero-order valence-corrected chi connectivity index (χ0v) is 12.5. The lowest BCUT2D eigenvalue weighted by Gasteiger charge is -2.25. The second-order valence-electron chi connectivity index (χ2n) is 5.44. The molecular weight excluding hydrogens is 244 g/mol. The Morgan fingerprint density at radius 3 is 2.83 bits per heavy atom. The fourth-order valence-electron chi connectivity index (χ4n) is 1.97. The van der Waals surface area contributed by atoms with Crippen molar-refractivity contribution in [1.29, 1.82) is 0 Å². The van der Waals surface area contributed by atoms with Crippen LogP contribution in [-0.4, -0.2) is 33.6 Å². The predicted octanol–water partition coefficient (Wildman–Crippen LogP) is 2.98. The van der Waals surface area contributed by atoms with Gasteiger partial charge in [-0.25, -0.2) is 0 Å². The van der Waals surface area contributed by atoms with Crippen LogP contribution in [0.1, 0.15) is 45.7 Å². The van der Waals surface area contributed by atoms with Crippen molar-refractivity contribution in [2.75, 3.05) is 18.4 Å². The number of hydrogen-bond donors (Lipinski definition) is 1. The van der Waals surface area contributed by atoms with E-state index in [4.69, 9.17) is 0 Å². The van der Waals surface area contributed by atoms with Gasteiger partial charge < -0.3 is 5.32 Å². The van der Waals surface area contributed by atoms with Gasteiger partial charge in [0.25, 0.3) is 0 Å². The molecule has 0 bridgehead atoms. The van der Waals surface area contributed by atoms with Crippen molar-refractivity contribution >= 4 is 16.5 Å². The number of hydrogen-bond acceptors (Lipinski definition) is 5. The molecule has 1 aliphatic carbocycles. The zero-order chi connectivity index (χ0) is 13.0. The number of nitrogens with one attached hydrogen (secondary N) is 1. The molecule has 1 heterocycles. The third-order valence-electron chi connectivity index (χ3n) is 3.36. The number of nitrogens with zero attached hydrogens (tertiary/aromatic N) is 3. The Labute approximate surface area is 114 Å². The van der Waals surface area contributed by atoms with Crippen molar-refractivity contribution in [2.45, 2.75) is 52.6 Å². The maximum atomic E-state index is 4.28. The van der Waals surface area contributed by atoms with Gasteiger partial charge in [0.1, 0.15) is 10.7 Å². The van der Waals surface area contributed by atoms with E-state index in [0.717, 1.165) is 36.1 Å². The number of rotatable bonds is 8. The lowest BCUT2D eigenvalue weighted by atomic mass is 10.2. The monoisotopic (exact) mass is 268 g/mol. The Morgan fingerprint density at radius 2 is 2.22 bits per heavy atom. The molecule has 1 aromatic heterocycles. The molecule has 5 heteroatoms. The first-order chi connectivity index (χ1) is 8.70. The molecule has 102 valence electrons. The normalized spacial score (nSPS) is 15.6. The molecule has 0 unspecified atom stereocenters. The van der Waals surface area contributed by atoms with Gasteiger partial charge >= 0.3 is 0 Å². The Bertz CT molecular complexity index is 360. The maximum absolute atomic E-state index is 4.28. The van der Waals surface area contributed by atoms with Crippen LogP contribution >= 0.6 is 11.5 Å². The van der Waals surface area contributed by atoms with E-state index in [2.05, 4.69) is 40.6 Å². The average Bonchev–Trinajstić information content (AvgIpc) is 3.05. The fourth-order valence-corrected chi connectivity index (χ4v) is 2.57. The standard InChI is InChI=1S/C13H24N4S/c1-4-7-14-13-12(15-16-18-13)9-17(10(2)3)8-11-5-6-11/h10-11,14H,4-9H2,1-3H3. The molecule has 4 nitrogen and oxygen atoms in total. The minimum Gasteiger partial charge on any atom is -0.374 e. The lowest BCUT2D eigenvalue weighted by molar-refractivity contribution is 0.201. The smallest absolute Gasteiger partial charge is 0.134 e. The summed E-state index contributed by atoms with van der Waals surface area (Å²) in [6.07, 6.45) is 3.94. The van der Waals surface area contributed by atoms with Crippen molar-refractivity contribution in [3.63, 3.8) is 0 Å². The van der Waals surface area contributed by atoms with Gasteiger partial charge in [0.05, 0.1) is 0 Å². The van der Waals surface area contributed by atoms with Crippen molar-refractivity contribution in [3.05, 3.63) is 5.69 Å².